The molecule has 0 bridgehead atoms. The van der Waals surface area contributed by atoms with Crippen molar-refractivity contribution in [3.05, 3.63) is 27.4 Å². The first kappa shape index (κ1) is 13.4. The first-order chi connectivity index (χ1) is 8.04. The third-order valence-electron chi connectivity index (χ3n) is 2.38. The monoisotopic (exact) mass is 239 g/mol. The molecule has 3 N–H and O–H groups in total. The second-order valence-electron chi connectivity index (χ2n) is 3.79. The normalized spacial score (nSPS) is 10.3. The molecule has 0 spiro atoms. The Morgan fingerprint density at radius 1 is 1.47 bits per heavy atom. The van der Waals surface area contributed by atoms with Gasteiger partial charge in [0.05, 0.1) is 6.61 Å². The van der Waals surface area contributed by atoms with Crippen LogP contribution in [-0.2, 0) is 11.2 Å². The summed E-state index contributed by atoms with van der Waals surface area (Å²) in [4.78, 5) is 29.7. The summed E-state index contributed by atoms with van der Waals surface area (Å²) in [5.74, 6) is 0.388. The highest BCUT2D eigenvalue weighted by molar-refractivity contribution is 5.76. The maximum atomic E-state index is 11.6. The van der Waals surface area contributed by atoms with Gasteiger partial charge >= 0.3 is 0 Å². The molecule has 0 saturated heterocycles. The molecule has 1 rings (SSSR count). The van der Waals surface area contributed by atoms with Crippen LogP contribution in [0.3, 0.4) is 0 Å². The van der Waals surface area contributed by atoms with Gasteiger partial charge in [0.1, 0.15) is 5.82 Å². The van der Waals surface area contributed by atoms with Crippen molar-refractivity contribution >= 4 is 5.91 Å². The van der Waals surface area contributed by atoms with Gasteiger partial charge in [0, 0.05) is 24.2 Å². The summed E-state index contributed by atoms with van der Waals surface area (Å²) < 4.78 is 0. The van der Waals surface area contributed by atoms with E-state index in [9.17, 15) is 9.59 Å². The Bertz CT molecular complexity index is 454. The Labute approximate surface area is 99.1 Å². The largest absolute Gasteiger partial charge is 0.395 e. The Hall–Kier alpha value is -1.69. The van der Waals surface area contributed by atoms with E-state index >= 15 is 0 Å². The molecule has 17 heavy (non-hydrogen) atoms. The van der Waals surface area contributed by atoms with Crippen molar-refractivity contribution in [2.45, 2.75) is 26.7 Å². The van der Waals surface area contributed by atoms with Crippen LogP contribution in [-0.4, -0.2) is 34.1 Å². The minimum absolute atomic E-state index is 0.0859. The minimum atomic E-state index is -0.190. The lowest BCUT2D eigenvalue weighted by molar-refractivity contribution is -0.121. The molecule has 6 nitrogen and oxygen atoms in total. The molecule has 0 radical (unpaired) electrons. The molecule has 1 amide bonds. The number of hydrogen-bond donors (Lipinski definition) is 3. The fraction of sp³-hybridized carbons (Fsp3) is 0.545. The van der Waals surface area contributed by atoms with Gasteiger partial charge in [-0.05, 0) is 20.3 Å². The van der Waals surface area contributed by atoms with Gasteiger partial charge < -0.3 is 15.4 Å². The molecule has 6 heteroatoms. The second-order valence-corrected chi connectivity index (χ2v) is 3.79. The Balaban J connectivity index is 2.64. The molecular formula is C11H17N3O3. The predicted molar refractivity (Wildman–Crippen MR) is 62.7 cm³/mol. The summed E-state index contributed by atoms with van der Waals surface area (Å²) in [7, 11) is 0. The Kier molecular flexibility index (Phi) is 4.84. The van der Waals surface area contributed by atoms with E-state index in [-0.39, 0.29) is 31.0 Å². The highest BCUT2D eigenvalue weighted by Gasteiger charge is 2.09. The molecule has 1 heterocycles. The highest BCUT2D eigenvalue weighted by Crippen LogP contribution is 2.02. The third kappa shape index (κ3) is 3.99. The molecule has 0 atom stereocenters. The van der Waals surface area contributed by atoms with E-state index in [4.69, 9.17) is 5.11 Å². The lowest BCUT2D eigenvalue weighted by atomic mass is 10.1. The third-order valence-corrected chi connectivity index (χ3v) is 2.38. The van der Waals surface area contributed by atoms with Gasteiger partial charge in [-0.2, -0.15) is 0 Å². The average molecular weight is 239 g/mol. The van der Waals surface area contributed by atoms with E-state index in [0.29, 0.717) is 23.5 Å². The number of rotatable bonds is 5. The molecule has 0 aromatic carbocycles. The fourth-order valence-electron chi connectivity index (χ4n) is 1.57. The molecule has 1 aromatic rings. The number of aliphatic hydroxyl groups is 1. The van der Waals surface area contributed by atoms with Gasteiger partial charge in [-0.3, -0.25) is 9.59 Å². The number of aliphatic hydroxyl groups excluding tert-OH is 1. The SMILES string of the molecule is Cc1nc(C)c(CCC(=O)NCCO)c(=O)[nH]1. The average Bonchev–Trinajstić information content (AvgIpc) is 2.24. The zero-order valence-corrected chi connectivity index (χ0v) is 10.0. The summed E-state index contributed by atoms with van der Waals surface area (Å²) in [5, 5.41) is 11.1. The van der Waals surface area contributed by atoms with Crippen LogP contribution < -0.4 is 10.9 Å². The lowest BCUT2D eigenvalue weighted by Crippen LogP contribution is -2.27. The zero-order valence-electron chi connectivity index (χ0n) is 10.0. The number of amides is 1. The lowest BCUT2D eigenvalue weighted by Gasteiger charge is -2.05. The van der Waals surface area contributed by atoms with Crippen molar-refractivity contribution in [2.75, 3.05) is 13.2 Å². The predicted octanol–water partition coefficient (Wildman–Crippen LogP) is -0.572. The summed E-state index contributed by atoms with van der Waals surface area (Å²) in [5.41, 5.74) is 1.00. The van der Waals surface area contributed by atoms with Crippen LogP contribution in [0.25, 0.3) is 0 Å². The van der Waals surface area contributed by atoms with E-state index in [1.165, 1.54) is 0 Å². The molecule has 0 unspecified atom stereocenters. The number of hydrogen-bond acceptors (Lipinski definition) is 4. The van der Waals surface area contributed by atoms with Crippen LogP contribution in [0.2, 0.25) is 0 Å². The van der Waals surface area contributed by atoms with Gasteiger partial charge in [0.2, 0.25) is 5.91 Å². The number of aryl methyl sites for hydroxylation is 2. The Morgan fingerprint density at radius 3 is 2.76 bits per heavy atom. The second kappa shape index (κ2) is 6.15. The van der Waals surface area contributed by atoms with Crippen molar-refractivity contribution in [3.63, 3.8) is 0 Å². The molecule has 0 saturated carbocycles. The summed E-state index contributed by atoms with van der Waals surface area (Å²) in [6, 6.07) is 0. The fourth-order valence-corrected chi connectivity index (χ4v) is 1.57. The minimum Gasteiger partial charge on any atom is -0.395 e. The maximum Gasteiger partial charge on any atom is 0.254 e. The number of aromatic nitrogens is 2. The van der Waals surface area contributed by atoms with Gasteiger partial charge in [0.15, 0.2) is 0 Å². The van der Waals surface area contributed by atoms with Crippen molar-refractivity contribution in [1.82, 2.24) is 15.3 Å². The van der Waals surface area contributed by atoms with Crippen LogP contribution in [0, 0.1) is 13.8 Å². The molecular weight excluding hydrogens is 222 g/mol. The molecule has 0 aliphatic rings. The van der Waals surface area contributed by atoms with Crippen LogP contribution >= 0.6 is 0 Å². The number of nitrogens with zero attached hydrogens (tertiary/aromatic N) is 1. The van der Waals surface area contributed by atoms with Gasteiger partial charge in [0.25, 0.3) is 5.56 Å². The zero-order chi connectivity index (χ0) is 12.8. The van der Waals surface area contributed by atoms with Crippen molar-refractivity contribution in [1.29, 1.82) is 0 Å². The molecule has 0 fully saturated rings. The van der Waals surface area contributed by atoms with E-state index in [1.54, 1.807) is 13.8 Å². The van der Waals surface area contributed by atoms with E-state index in [2.05, 4.69) is 15.3 Å². The summed E-state index contributed by atoms with van der Waals surface area (Å²) >= 11 is 0. The van der Waals surface area contributed by atoms with Gasteiger partial charge in [-0.25, -0.2) is 4.98 Å². The van der Waals surface area contributed by atoms with Crippen LogP contribution in [0.5, 0.6) is 0 Å². The quantitative estimate of drug-likeness (QED) is 0.641. The van der Waals surface area contributed by atoms with Crippen molar-refractivity contribution in [3.8, 4) is 0 Å². The first-order valence-corrected chi connectivity index (χ1v) is 5.48. The van der Waals surface area contributed by atoms with Gasteiger partial charge in [-0.1, -0.05) is 0 Å². The van der Waals surface area contributed by atoms with E-state index < -0.39 is 0 Å². The molecule has 0 aliphatic heterocycles. The van der Waals surface area contributed by atoms with E-state index in [1.807, 2.05) is 0 Å². The topological polar surface area (TPSA) is 95.1 Å². The highest BCUT2D eigenvalue weighted by atomic mass is 16.3. The van der Waals surface area contributed by atoms with Crippen LogP contribution in [0.15, 0.2) is 4.79 Å². The van der Waals surface area contributed by atoms with Gasteiger partial charge in [-0.15, -0.1) is 0 Å². The number of carbonyl (C=O) groups is 1. The Morgan fingerprint density at radius 2 is 2.18 bits per heavy atom. The smallest absolute Gasteiger partial charge is 0.254 e. The number of H-pyrrole nitrogens is 1. The van der Waals surface area contributed by atoms with Crippen LogP contribution in [0.1, 0.15) is 23.5 Å². The number of nitrogens with one attached hydrogen (secondary N) is 2. The summed E-state index contributed by atoms with van der Waals surface area (Å²) in [6.45, 7) is 3.62. The first-order valence-electron chi connectivity index (χ1n) is 5.48. The van der Waals surface area contributed by atoms with E-state index in [0.717, 1.165) is 0 Å². The summed E-state index contributed by atoms with van der Waals surface area (Å²) in [6.07, 6.45) is 0.570. The molecule has 1 aromatic heterocycles. The van der Waals surface area contributed by atoms with Crippen molar-refractivity contribution < 1.29 is 9.90 Å². The number of aromatic amines is 1. The molecule has 94 valence electrons. The molecule has 0 aliphatic carbocycles. The maximum absolute atomic E-state index is 11.6. The van der Waals surface area contributed by atoms with Crippen LogP contribution in [0.4, 0.5) is 0 Å². The standard InChI is InChI=1S/C11H17N3O3/c1-7-9(11(17)14-8(2)13-7)3-4-10(16)12-5-6-15/h15H,3-6H2,1-2H3,(H,12,16)(H,13,14,17). The number of carbonyl (C=O) groups excluding carboxylic acids is 1. The van der Waals surface area contributed by atoms with Crippen molar-refractivity contribution in [2.24, 2.45) is 0 Å².